The Labute approximate surface area is 127 Å². The highest BCUT2D eigenvalue weighted by atomic mass is 35.5. The molecule has 1 aliphatic heterocycles. The van der Waals surface area contributed by atoms with Gasteiger partial charge in [-0.1, -0.05) is 11.6 Å². The molecule has 1 aromatic carbocycles. The predicted molar refractivity (Wildman–Crippen MR) is 77.1 cm³/mol. The van der Waals surface area contributed by atoms with Crippen LogP contribution in [0.15, 0.2) is 12.1 Å². The van der Waals surface area contributed by atoms with Crippen molar-refractivity contribution < 1.29 is 18.7 Å². The number of ether oxygens (including phenoxy) is 1. The van der Waals surface area contributed by atoms with E-state index in [1.807, 2.05) is 0 Å². The molecule has 0 spiro atoms. The van der Waals surface area contributed by atoms with E-state index in [9.17, 15) is 14.0 Å². The largest absolute Gasteiger partial charge is 0.489 e. The zero-order chi connectivity index (χ0) is 15.6. The van der Waals surface area contributed by atoms with Crippen molar-refractivity contribution in [2.24, 2.45) is 0 Å². The van der Waals surface area contributed by atoms with Crippen LogP contribution in [0.2, 0.25) is 5.02 Å². The summed E-state index contributed by atoms with van der Waals surface area (Å²) in [6.07, 6.45) is 0.812. The highest BCUT2D eigenvalue weighted by molar-refractivity contribution is 6.32. The topological polar surface area (TPSA) is 58.6 Å². The van der Waals surface area contributed by atoms with E-state index in [0.717, 1.165) is 11.0 Å². The lowest BCUT2D eigenvalue weighted by molar-refractivity contribution is -0.125. The lowest BCUT2D eigenvalue weighted by Gasteiger charge is -2.17. The Morgan fingerprint density at radius 2 is 2.19 bits per heavy atom. The van der Waals surface area contributed by atoms with Crippen molar-refractivity contribution in [2.45, 2.75) is 32.8 Å². The van der Waals surface area contributed by atoms with Crippen molar-refractivity contribution in [1.82, 2.24) is 4.90 Å². The van der Waals surface area contributed by atoms with Gasteiger partial charge in [0.15, 0.2) is 0 Å². The van der Waals surface area contributed by atoms with E-state index < -0.39 is 11.8 Å². The van der Waals surface area contributed by atoms with E-state index in [1.54, 1.807) is 13.8 Å². The number of urea groups is 1. The van der Waals surface area contributed by atoms with Gasteiger partial charge in [-0.15, -0.1) is 0 Å². The van der Waals surface area contributed by atoms with Crippen LogP contribution in [0.1, 0.15) is 26.7 Å². The first kappa shape index (κ1) is 15.6. The molecule has 0 atom stereocenters. The standard InChI is InChI=1S/C14H16ClFN2O3/c1-8(2)21-12-7-11(10(16)6-9(12)15)17-14(20)18-5-3-4-13(18)19/h6-8H,3-5H2,1-2H3,(H,17,20). The first-order chi connectivity index (χ1) is 9.88. The molecule has 0 unspecified atom stereocenters. The molecule has 3 amide bonds. The molecule has 2 rings (SSSR count). The Morgan fingerprint density at radius 3 is 2.76 bits per heavy atom. The van der Waals surface area contributed by atoms with E-state index in [0.29, 0.717) is 19.4 Å². The zero-order valence-corrected chi connectivity index (χ0v) is 12.5. The average Bonchev–Trinajstić information content (AvgIpc) is 2.81. The second-order valence-corrected chi connectivity index (χ2v) is 5.42. The van der Waals surface area contributed by atoms with Gasteiger partial charge in [0, 0.05) is 19.0 Å². The van der Waals surface area contributed by atoms with Gasteiger partial charge in [-0.25, -0.2) is 9.18 Å². The Kier molecular flexibility index (Phi) is 4.67. The maximum atomic E-state index is 13.9. The summed E-state index contributed by atoms with van der Waals surface area (Å²) in [6.45, 7) is 3.96. The molecule has 5 nitrogen and oxygen atoms in total. The summed E-state index contributed by atoms with van der Waals surface area (Å²) < 4.78 is 19.3. The maximum Gasteiger partial charge on any atom is 0.328 e. The van der Waals surface area contributed by atoms with Gasteiger partial charge in [0.1, 0.15) is 11.6 Å². The minimum atomic E-state index is -0.684. The summed E-state index contributed by atoms with van der Waals surface area (Å²) in [4.78, 5) is 24.5. The van der Waals surface area contributed by atoms with Gasteiger partial charge in [0.25, 0.3) is 0 Å². The number of carbonyl (C=O) groups excluding carboxylic acids is 2. The van der Waals surface area contributed by atoms with Gasteiger partial charge >= 0.3 is 6.03 Å². The molecule has 0 aromatic heterocycles. The third-order valence-corrected chi connectivity index (χ3v) is 3.24. The molecule has 1 saturated heterocycles. The van der Waals surface area contributed by atoms with Crippen LogP contribution >= 0.6 is 11.6 Å². The minimum absolute atomic E-state index is 0.0697. The van der Waals surface area contributed by atoms with Crippen LogP contribution in [0.3, 0.4) is 0 Å². The Hall–Kier alpha value is -1.82. The zero-order valence-electron chi connectivity index (χ0n) is 11.8. The SMILES string of the molecule is CC(C)Oc1cc(NC(=O)N2CCCC2=O)c(F)cc1Cl. The molecule has 0 saturated carbocycles. The number of imide groups is 1. The quantitative estimate of drug-likeness (QED) is 0.930. The van der Waals surface area contributed by atoms with Gasteiger partial charge in [-0.05, 0) is 26.3 Å². The Balaban J connectivity index is 2.19. The molecule has 0 radical (unpaired) electrons. The van der Waals surface area contributed by atoms with Crippen molar-refractivity contribution in [3.63, 3.8) is 0 Å². The number of rotatable bonds is 3. The number of anilines is 1. The van der Waals surface area contributed by atoms with Crippen molar-refractivity contribution in [1.29, 1.82) is 0 Å². The van der Waals surface area contributed by atoms with Crippen LogP contribution in [-0.2, 0) is 4.79 Å². The number of hydrogen-bond donors (Lipinski definition) is 1. The van der Waals surface area contributed by atoms with Gasteiger partial charge in [0.2, 0.25) is 5.91 Å². The summed E-state index contributed by atoms with van der Waals surface area (Å²) in [5, 5.41) is 2.50. The number of likely N-dealkylation sites (tertiary alicyclic amines) is 1. The molecule has 0 bridgehead atoms. The van der Waals surface area contributed by atoms with E-state index in [4.69, 9.17) is 16.3 Å². The summed E-state index contributed by atoms with van der Waals surface area (Å²) >= 11 is 5.89. The molecule has 1 aromatic rings. The van der Waals surface area contributed by atoms with Gasteiger partial charge < -0.3 is 10.1 Å². The fraction of sp³-hybridized carbons (Fsp3) is 0.429. The molecule has 21 heavy (non-hydrogen) atoms. The van der Waals surface area contributed by atoms with E-state index in [2.05, 4.69) is 5.32 Å². The number of halogens is 2. The Morgan fingerprint density at radius 1 is 1.48 bits per heavy atom. The van der Waals surface area contributed by atoms with Gasteiger partial charge in [-0.2, -0.15) is 0 Å². The van der Waals surface area contributed by atoms with Crippen LogP contribution < -0.4 is 10.1 Å². The molecular weight excluding hydrogens is 299 g/mol. The molecule has 1 fully saturated rings. The fourth-order valence-electron chi connectivity index (χ4n) is 2.01. The molecule has 1 heterocycles. The minimum Gasteiger partial charge on any atom is -0.489 e. The molecule has 7 heteroatoms. The van der Waals surface area contributed by atoms with Crippen molar-refractivity contribution in [3.8, 4) is 5.75 Å². The number of carbonyl (C=O) groups is 2. The molecule has 1 aliphatic rings. The normalized spacial score (nSPS) is 14.7. The average molecular weight is 315 g/mol. The van der Waals surface area contributed by atoms with Gasteiger partial charge in [-0.3, -0.25) is 9.69 Å². The number of nitrogens with zero attached hydrogens (tertiary/aromatic N) is 1. The number of hydrogen-bond acceptors (Lipinski definition) is 3. The molecule has 1 N–H and O–H groups in total. The van der Waals surface area contributed by atoms with Crippen LogP contribution in [0.25, 0.3) is 0 Å². The van der Waals surface area contributed by atoms with Crippen LogP contribution in [-0.4, -0.2) is 29.5 Å². The van der Waals surface area contributed by atoms with Gasteiger partial charge in [0.05, 0.1) is 16.8 Å². The first-order valence-corrected chi connectivity index (χ1v) is 7.03. The number of amides is 3. The van der Waals surface area contributed by atoms with Crippen LogP contribution in [0, 0.1) is 5.82 Å². The summed E-state index contributed by atoms with van der Waals surface area (Å²) in [5.74, 6) is -0.673. The van der Waals surface area contributed by atoms with E-state index in [1.165, 1.54) is 6.07 Å². The van der Waals surface area contributed by atoms with E-state index >= 15 is 0 Å². The fourth-order valence-corrected chi connectivity index (χ4v) is 2.21. The Bertz CT molecular complexity index is 578. The van der Waals surface area contributed by atoms with E-state index in [-0.39, 0.29) is 28.5 Å². The monoisotopic (exact) mass is 314 g/mol. The second kappa shape index (κ2) is 6.30. The lowest BCUT2D eigenvalue weighted by Crippen LogP contribution is -2.35. The van der Waals surface area contributed by atoms with Crippen LogP contribution in [0.4, 0.5) is 14.9 Å². The lowest BCUT2D eigenvalue weighted by atomic mass is 10.2. The van der Waals surface area contributed by atoms with Crippen molar-refractivity contribution >= 4 is 29.2 Å². The van der Waals surface area contributed by atoms with Crippen molar-refractivity contribution in [3.05, 3.63) is 23.0 Å². The first-order valence-electron chi connectivity index (χ1n) is 6.65. The maximum absolute atomic E-state index is 13.9. The molecule has 0 aliphatic carbocycles. The highest BCUT2D eigenvalue weighted by Gasteiger charge is 2.27. The second-order valence-electron chi connectivity index (χ2n) is 5.01. The third-order valence-electron chi connectivity index (χ3n) is 2.94. The van der Waals surface area contributed by atoms with Crippen LogP contribution in [0.5, 0.6) is 5.75 Å². The number of nitrogens with one attached hydrogen (secondary N) is 1. The number of benzene rings is 1. The molecule has 114 valence electrons. The summed E-state index contributed by atoms with van der Waals surface area (Å²) in [7, 11) is 0. The highest BCUT2D eigenvalue weighted by Crippen LogP contribution is 2.31. The summed E-state index contributed by atoms with van der Waals surface area (Å²) in [6, 6.07) is 1.74. The summed E-state index contributed by atoms with van der Waals surface area (Å²) in [5.41, 5.74) is -0.0697. The van der Waals surface area contributed by atoms with Crippen molar-refractivity contribution in [2.75, 3.05) is 11.9 Å². The smallest absolute Gasteiger partial charge is 0.328 e. The predicted octanol–water partition coefficient (Wildman–Crippen LogP) is 3.42. The molecular formula is C14H16ClFN2O3. The third kappa shape index (κ3) is 3.64.